The third kappa shape index (κ3) is 1.88. The molecule has 1 aromatic carbocycles. The van der Waals surface area contributed by atoms with E-state index in [1.54, 1.807) is 12.3 Å². The second-order valence-corrected chi connectivity index (χ2v) is 4.40. The minimum atomic E-state index is -0.105. The SMILES string of the molecule is OCc1cc(Cl)cc2cc(-c3ccccn3)oc12. The van der Waals surface area contributed by atoms with E-state index >= 15 is 0 Å². The van der Waals surface area contributed by atoms with Crippen LogP contribution < -0.4 is 0 Å². The van der Waals surface area contributed by atoms with Gasteiger partial charge in [-0.25, -0.2) is 0 Å². The van der Waals surface area contributed by atoms with E-state index in [-0.39, 0.29) is 6.61 Å². The van der Waals surface area contributed by atoms with Gasteiger partial charge in [-0.15, -0.1) is 0 Å². The Morgan fingerprint density at radius 3 is 2.83 bits per heavy atom. The topological polar surface area (TPSA) is 46.3 Å². The van der Waals surface area contributed by atoms with E-state index in [0.29, 0.717) is 21.9 Å². The summed E-state index contributed by atoms with van der Waals surface area (Å²) in [6.07, 6.45) is 1.71. The van der Waals surface area contributed by atoms with Gasteiger partial charge in [0.2, 0.25) is 0 Å². The highest BCUT2D eigenvalue weighted by atomic mass is 35.5. The Balaban J connectivity index is 2.23. The molecule has 90 valence electrons. The van der Waals surface area contributed by atoms with Crippen molar-refractivity contribution in [3.05, 3.63) is 53.2 Å². The Morgan fingerprint density at radius 2 is 2.11 bits per heavy atom. The largest absolute Gasteiger partial charge is 0.454 e. The summed E-state index contributed by atoms with van der Waals surface area (Å²) in [6, 6.07) is 11.0. The minimum Gasteiger partial charge on any atom is -0.454 e. The molecular weight excluding hydrogens is 250 g/mol. The first-order valence-corrected chi connectivity index (χ1v) is 5.90. The molecule has 0 atom stereocenters. The third-order valence-electron chi connectivity index (χ3n) is 2.75. The standard InChI is InChI=1S/C14H10ClNO2/c15-11-5-9-7-13(12-3-1-2-4-16-12)18-14(9)10(6-11)8-17/h1-7,17H,8H2. The molecule has 2 heterocycles. The maximum atomic E-state index is 9.31. The van der Waals surface area contributed by atoms with Gasteiger partial charge < -0.3 is 9.52 Å². The number of halogens is 1. The molecule has 0 aliphatic rings. The Bertz CT molecular complexity index is 692. The first-order valence-electron chi connectivity index (χ1n) is 5.52. The fraction of sp³-hybridized carbons (Fsp3) is 0.0714. The Labute approximate surface area is 109 Å². The first kappa shape index (κ1) is 11.3. The molecule has 0 aliphatic carbocycles. The molecule has 2 aromatic heterocycles. The predicted octanol–water partition coefficient (Wildman–Crippen LogP) is 3.64. The fourth-order valence-corrected chi connectivity index (χ4v) is 2.19. The summed E-state index contributed by atoms with van der Waals surface area (Å²) < 4.78 is 5.75. The Hall–Kier alpha value is -1.84. The van der Waals surface area contributed by atoms with Crippen LogP contribution in [0.15, 0.2) is 47.0 Å². The molecule has 3 nitrogen and oxygen atoms in total. The molecule has 4 heteroatoms. The van der Waals surface area contributed by atoms with Gasteiger partial charge in [0.1, 0.15) is 11.3 Å². The summed E-state index contributed by atoms with van der Waals surface area (Å²) in [6.45, 7) is -0.105. The molecule has 0 amide bonds. The number of pyridine rings is 1. The van der Waals surface area contributed by atoms with Crippen molar-refractivity contribution in [3.8, 4) is 11.5 Å². The summed E-state index contributed by atoms with van der Waals surface area (Å²) in [7, 11) is 0. The summed E-state index contributed by atoms with van der Waals surface area (Å²) in [5.41, 5.74) is 2.09. The maximum absolute atomic E-state index is 9.31. The molecule has 1 N–H and O–H groups in total. The van der Waals surface area contributed by atoms with Crippen LogP contribution in [0.1, 0.15) is 5.56 Å². The van der Waals surface area contributed by atoms with E-state index in [1.807, 2.05) is 30.3 Å². The zero-order valence-corrected chi connectivity index (χ0v) is 10.2. The van der Waals surface area contributed by atoms with E-state index in [1.165, 1.54) is 0 Å². The lowest BCUT2D eigenvalue weighted by Crippen LogP contribution is -1.83. The van der Waals surface area contributed by atoms with Gasteiger partial charge in [0, 0.05) is 22.2 Å². The summed E-state index contributed by atoms with van der Waals surface area (Å²) in [5, 5.41) is 10.8. The van der Waals surface area contributed by atoms with Crippen molar-refractivity contribution in [2.24, 2.45) is 0 Å². The average molecular weight is 260 g/mol. The van der Waals surface area contributed by atoms with Crippen molar-refractivity contribution in [3.63, 3.8) is 0 Å². The van der Waals surface area contributed by atoms with Gasteiger partial charge in [-0.3, -0.25) is 4.98 Å². The molecular formula is C14H10ClNO2. The Kier molecular flexibility index (Phi) is 2.78. The second-order valence-electron chi connectivity index (χ2n) is 3.97. The predicted molar refractivity (Wildman–Crippen MR) is 70.4 cm³/mol. The highest BCUT2D eigenvalue weighted by Crippen LogP contribution is 2.31. The van der Waals surface area contributed by atoms with E-state index in [2.05, 4.69) is 4.98 Å². The molecule has 0 fully saturated rings. The highest BCUT2D eigenvalue weighted by molar-refractivity contribution is 6.31. The fourth-order valence-electron chi connectivity index (χ4n) is 1.94. The summed E-state index contributed by atoms with van der Waals surface area (Å²) >= 11 is 5.99. The van der Waals surface area contributed by atoms with Crippen LogP contribution in [0.25, 0.3) is 22.4 Å². The molecule has 0 bridgehead atoms. The minimum absolute atomic E-state index is 0.105. The molecule has 0 radical (unpaired) electrons. The number of aliphatic hydroxyl groups is 1. The molecule has 3 aromatic rings. The lowest BCUT2D eigenvalue weighted by atomic mass is 10.1. The van der Waals surface area contributed by atoms with Crippen molar-refractivity contribution >= 4 is 22.6 Å². The van der Waals surface area contributed by atoms with E-state index in [9.17, 15) is 5.11 Å². The zero-order valence-electron chi connectivity index (χ0n) is 9.43. The summed E-state index contributed by atoms with van der Waals surface area (Å²) in [4.78, 5) is 4.23. The lowest BCUT2D eigenvalue weighted by Gasteiger charge is -1.98. The van der Waals surface area contributed by atoms with Crippen LogP contribution in [-0.4, -0.2) is 10.1 Å². The van der Waals surface area contributed by atoms with Crippen LogP contribution in [0.4, 0.5) is 0 Å². The quantitative estimate of drug-likeness (QED) is 0.764. The molecule has 0 unspecified atom stereocenters. The van der Waals surface area contributed by atoms with Crippen LogP contribution in [0, 0.1) is 0 Å². The number of furan rings is 1. The third-order valence-corrected chi connectivity index (χ3v) is 2.96. The first-order chi connectivity index (χ1) is 8.78. The maximum Gasteiger partial charge on any atom is 0.153 e. The number of hydrogen-bond acceptors (Lipinski definition) is 3. The molecule has 3 rings (SSSR count). The van der Waals surface area contributed by atoms with Crippen LogP contribution in [0.3, 0.4) is 0 Å². The van der Waals surface area contributed by atoms with Gasteiger partial charge in [0.15, 0.2) is 5.76 Å². The van der Waals surface area contributed by atoms with Crippen LogP contribution >= 0.6 is 11.6 Å². The molecule has 0 saturated carbocycles. The van der Waals surface area contributed by atoms with Crippen molar-refractivity contribution in [1.29, 1.82) is 0 Å². The van der Waals surface area contributed by atoms with Gasteiger partial charge in [0.25, 0.3) is 0 Å². The molecule has 0 saturated heterocycles. The number of benzene rings is 1. The van der Waals surface area contributed by atoms with E-state index in [0.717, 1.165) is 11.1 Å². The van der Waals surface area contributed by atoms with Crippen molar-refractivity contribution in [2.45, 2.75) is 6.61 Å². The smallest absolute Gasteiger partial charge is 0.153 e. The van der Waals surface area contributed by atoms with Gasteiger partial charge >= 0.3 is 0 Å². The van der Waals surface area contributed by atoms with Gasteiger partial charge in [-0.2, -0.15) is 0 Å². The monoisotopic (exact) mass is 259 g/mol. The van der Waals surface area contributed by atoms with Gasteiger partial charge in [-0.05, 0) is 30.3 Å². The van der Waals surface area contributed by atoms with Gasteiger partial charge in [0.05, 0.1) is 6.61 Å². The number of fused-ring (bicyclic) bond motifs is 1. The van der Waals surface area contributed by atoms with Crippen molar-refractivity contribution < 1.29 is 9.52 Å². The van der Waals surface area contributed by atoms with E-state index in [4.69, 9.17) is 16.0 Å². The lowest BCUT2D eigenvalue weighted by molar-refractivity contribution is 0.282. The van der Waals surface area contributed by atoms with Crippen molar-refractivity contribution in [2.75, 3.05) is 0 Å². The molecule has 0 spiro atoms. The number of nitrogens with zero attached hydrogens (tertiary/aromatic N) is 1. The number of aromatic nitrogens is 1. The average Bonchev–Trinajstić information content (AvgIpc) is 2.82. The zero-order chi connectivity index (χ0) is 12.5. The molecule has 0 aliphatic heterocycles. The number of rotatable bonds is 2. The second kappa shape index (κ2) is 4.44. The van der Waals surface area contributed by atoms with E-state index < -0.39 is 0 Å². The van der Waals surface area contributed by atoms with Crippen LogP contribution in [-0.2, 0) is 6.61 Å². The number of aliphatic hydroxyl groups excluding tert-OH is 1. The van der Waals surface area contributed by atoms with Crippen LogP contribution in [0.2, 0.25) is 5.02 Å². The summed E-state index contributed by atoms with van der Waals surface area (Å²) in [5.74, 6) is 0.669. The van der Waals surface area contributed by atoms with Crippen molar-refractivity contribution in [1.82, 2.24) is 4.98 Å². The highest BCUT2D eigenvalue weighted by Gasteiger charge is 2.11. The van der Waals surface area contributed by atoms with Gasteiger partial charge in [-0.1, -0.05) is 17.7 Å². The number of hydrogen-bond donors (Lipinski definition) is 1. The Morgan fingerprint density at radius 1 is 1.22 bits per heavy atom. The molecule has 18 heavy (non-hydrogen) atoms. The van der Waals surface area contributed by atoms with Crippen LogP contribution in [0.5, 0.6) is 0 Å². The normalized spacial score (nSPS) is 11.0.